The molecule has 19 heavy (non-hydrogen) atoms. The highest BCUT2D eigenvalue weighted by Crippen LogP contribution is 2.20. The highest BCUT2D eigenvalue weighted by Gasteiger charge is 2.20. The van der Waals surface area contributed by atoms with Gasteiger partial charge in [-0.3, -0.25) is 14.9 Å². The zero-order valence-corrected chi connectivity index (χ0v) is 12.6. The zero-order valence-electron chi connectivity index (χ0n) is 11.0. The quantitative estimate of drug-likeness (QED) is 0.495. The Morgan fingerprint density at radius 3 is 2.79 bits per heavy atom. The number of nitrogens with zero attached hydrogens (tertiary/aromatic N) is 1. The molecule has 0 radical (unpaired) electrons. The lowest BCUT2D eigenvalue weighted by Crippen LogP contribution is -2.33. The van der Waals surface area contributed by atoms with Gasteiger partial charge in [0, 0.05) is 17.4 Å². The minimum atomic E-state index is -0.530. The van der Waals surface area contributed by atoms with Crippen LogP contribution in [0.3, 0.4) is 0 Å². The number of benzene rings is 1. The van der Waals surface area contributed by atoms with Gasteiger partial charge in [-0.2, -0.15) is 0 Å². The first kappa shape index (κ1) is 15.6. The van der Waals surface area contributed by atoms with Crippen LogP contribution in [0.5, 0.6) is 0 Å². The Morgan fingerprint density at radius 1 is 1.53 bits per heavy atom. The molecule has 1 aromatic rings. The fourth-order valence-electron chi connectivity index (χ4n) is 1.75. The van der Waals surface area contributed by atoms with E-state index >= 15 is 0 Å². The van der Waals surface area contributed by atoms with Crippen molar-refractivity contribution in [1.82, 2.24) is 5.32 Å². The summed E-state index contributed by atoms with van der Waals surface area (Å²) in [6, 6.07) is 4.53. The largest absolute Gasteiger partial charge is 0.349 e. The molecule has 0 heterocycles. The molecule has 1 rings (SSSR count). The van der Waals surface area contributed by atoms with Crippen LogP contribution in [0.15, 0.2) is 18.2 Å². The number of aryl methyl sites for hydroxylation is 1. The van der Waals surface area contributed by atoms with Gasteiger partial charge < -0.3 is 5.32 Å². The molecule has 0 saturated carbocycles. The van der Waals surface area contributed by atoms with Crippen molar-refractivity contribution >= 4 is 27.5 Å². The molecule has 0 aromatic heterocycles. The van der Waals surface area contributed by atoms with Gasteiger partial charge in [0.05, 0.1) is 4.92 Å². The molecule has 5 nitrogen and oxygen atoms in total. The maximum Gasteiger partial charge on any atom is 0.282 e. The van der Waals surface area contributed by atoms with Gasteiger partial charge in [-0.25, -0.2) is 0 Å². The van der Waals surface area contributed by atoms with Crippen LogP contribution in [-0.4, -0.2) is 22.2 Å². The van der Waals surface area contributed by atoms with Gasteiger partial charge in [0.25, 0.3) is 11.6 Å². The van der Waals surface area contributed by atoms with Crippen molar-refractivity contribution < 1.29 is 9.72 Å². The molecular formula is C13H17BrN2O3. The second-order valence-electron chi connectivity index (χ2n) is 4.48. The molecule has 1 N–H and O–H groups in total. The monoisotopic (exact) mass is 328 g/mol. The average Bonchev–Trinajstić information content (AvgIpc) is 2.35. The van der Waals surface area contributed by atoms with Crippen LogP contribution in [0, 0.1) is 17.0 Å². The Morgan fingerprint density at radius 2 is 2.21 bits per heavy atom. The van der Waals surface area contributed by atoms with Crippen LogP contribution in [0.1, 0.15) is 35.7 Å². The summed E-state index contributed by atoms with van der Waals surface area (Å²) < 4.78 is 0. The lowest BCUT2D eigenvalue weighted by molar-refractivity contribution is -0.385. The Hall–Kier alpha value is -1.43. The molecule has 0 bridgehead atoms. The molecule has 1 amide bonds. The number of nitrogens with one attached hydrogen (secondary N) is 1. The molecule has 0 aliphatic carbocycles. The number of rotatable bonds is 6. The van der Waals surface area contributed by atoms with Crippen molar-refractivity contribution in [3.63, 3.8) is 0 Å². The van der Waals surface area contributed by atoms with Gasteiger partial charge in [-0.1, -0.05) is 22.0 Å². The highest BCUT2D eigenvalue weighted by molar-refractivity contribution is 9.09. The number of carbonyl (C=O) groups is 1. The van der Waals surface area contributed by atoms with Gasteiger partial charge >= 0.3 is 0 Å². The fourth-order valence-corrected chi connectivity index (χ4v) is 2.07. The third-order valence-corrected chi connectivity index (χ3v) is 3.30. The first-order chi connectivity index (χ1) is 8.95. The van der Waals surface area contributed by atoms with Crippen molar-refractivity contribution in [2.24, 2.45) is 0 Å². The van der Waals surface area contributed by atoms with Crippen molar-refractivity contribution in [2.45, 2.75) is 32.7 Å². The molecular weight excluding hydrogens is 312 g/mol. The van der Waals surface area contributed by atoms with E-state index in [1.54, 1.807) is 19.1 Å². The Balaban J connectivity index is 2.86. The molecule has 104 valence electrons. The molecule has 0 aliphatic rings. The van der Waals surface area contributed by atoms with Gasteiger partial charge in [-0.05, 0) is 38.3 Å². The smallest absolute Gasteiger partial charge is 0.282 e. The summed E-state index contributed by atoms with van der Waals surface area (Å²) in [7, 11) is 0. The molecule has 1 aromatic carbocycles. The maximum atomic E-state index is 12.1. The van der Waals surface area contributed by atoms with Gasteiger partial charge in [0.2, 0.25) is 0 Å². The van der Waals surface area contributed by atoms with E-state index in [1.165, 1.54) is 6.07 Å². The number of amides is 1. The summed E-state index contributed by atoms with van der Waals surface area (Å²) in [4.78, 5) is 22.5. The summed E-state index contributed by atoms with van der Waals surface area (Å²) in [6.45, 7) is 3.69. The standard InChI is InChI=1S/C13H17BrN2O3/c1-9-5-6-12(16(18)19)11(8-9)13(17)15-10(2)4-3-7-14/h5-6,8,10H,3-4,7H2,1-2H3,(H,15,17). The second kappa shape index (κ2) is 7.23. The van der Waals surface area contributed by atoms with Crippen molar-refractivity contribution in [2.75, 3.05) is 5.33 Å². The molecule has 0 spiro atoms. The van der Waals surface area contributed by atoms with Crippen LogP contribution in [-0.2, 0) is 0 Å². The van der Waals surface area contributed by atoms with E-state index in [2.05, 4.69) is 21.2 Å². The Bertz CT molecular complexity index is 477. The molecule has 6 heteroatoms. The van der Waals surface area contributed by atoms with Crippen molar-refractivity contribution in [1.29, 1.82) is 0 Å². The van der Waals surface area contributed by atoms with Crippen LogP contribution >= 0.6 is 15.9 Å². The summed E-state index contributed by atoms with van der Waals surface area (Å²) in [5, 5.41) is 14.6. The maximum absolute atomic E-state index is 12.1. The number of hydrogen-bond acceptors (Lipinski definition) is 3. The van der Waals surface area contributed by atoms with Gasteiger partial charge in [0.1, 0.15) is 5.56 Å². The van der Waals surface area contributed by atoms with Crippen molar-refractivity contribution in [3.8, 4) is 0 Å². The minimum Gasteiger partial charge on any atom is -0.349 e. The minimum absolute atomic E-state index is 0.00911. The first-order valence-electron chi connectivity index (χ1n) is 6.07. The average molecular weight is 329 g/mol. The van der Waals surface area contributed by atoms with Crippen LogP contribution in [0.25, 0.3) is 0 Å². The van der Waals surface area contributed by atoms with E-state index in [1.807, 2.05) is 6.92 Å². The second-order valence-corrected chi connectivity index (χ2v) is 5.28. The van der Waals surface area contributed by atoms with E-state index in [4.69, 9.17) is 0 Å². The lowest BCUT2D eigenvalue weighted by atomic mass is 10.1. The molecule has 0 aliphatic heterocycles. The number of nitro benzene ring substituents is 1. The van der Waals surface area contributed by atoms with Crippen LogP contribution in [0.4, 0.5) is 5.69 Å². The van der Waals surface area contributed by atoms with Crippen LogP contribution < -0.4 is 5.32 Å². The Labute approximate surface area is 120 Å². The van der Waals surface area contributed by atoms with E-state index < -0.39 is 10.8 Å². The number of carbonyl (C=O) groups excluding carboxylic acids is 1. The lowest BCUT2D eigenvalue weighted by Gasteiger charge is -2.13. The Kier molecular flexibility index (Phi) is 5.95. The van der Waals surface area contributed by atoms with Gasteiger partial charge in [0.15, 0.2) is 0 Å². The number of nitro groups is 1. The molecule has 1 unspecified atom stereocenters. The molecule has 0 saturated heterocycles. The molecule has 0 fully saturated rings. The van der Waals surface area contributed by atoms with E-state index in [-0.39, 0.29) is 17.3 Å². The predicted molar refractivity (Wildman–Crippen MR) is 77.8 cm³/mol. The van der Waals surface area contributed by atoms with E-state index in [9.17, 15) is 14.9 Å². The van der Waals surface area contributed by atoms with Crippen LogP contribution in [0.2, 0.25) is 0 Å². The topological polar surface area (TPSA) is 72.2 Å². The summed E-state index contributed by atoms with van der Waals surface area (Å²) in [5.74, 6) is -0.391. The highest BCUT2D eigenvalue weighted by atomic mass is 79.9. The van der Waals surface area contributed by atoms with E-state index in [0.717, 1.165) is 23.7 Å². The fraction of sp³-hybridized carbons (Fsp3) is 0.462. The summed E-state index contributed by atoms with van der Waals surface area (Å²) in [5.41, 5.74) is 0.787. The zero-order chi connectivity index (χ0) is 14.4. The third kappa shape index (κ3) is 4.63. The SMILES string of the molecule is Cc1ccc([N+](=O)[O-])c(C(=O)NC(C)CCCBr)c1. The molecule has 1 atom stereocenters. The summed E-state index contributed by atoms with van der Waals surface area (Å²) in [6.07, 6.45) is 1.77. The number of halogens is 1. The number of hydrogen-bond donors (Lipinski definition) is 1. The van der Waals surface area contributed by atoms with E-state index in [0.29, 0.717) is 0 Å². The normalized spacial score (nSPS) is 11.9. The van der Waals surface area contributed by atoms with Gasteiger partial charge in [-0.15, -0.1) is 0 Å². The first-order valence-corrected chi connectivity index (χ1v) is 7.19. The predicted octanol–water partition coefficient (Wildman–Crippen LogP) is 3.20. The third-order valence-electron chi connectivity index (χ3n) is 2.74. The van der Waals surface area contributed by atoms with Crippen molar-refractivity contribution in [3.05, 3.63) is 39.4 Å². The summed E-state index contributed by atoms with van der Waals surface area (Å²) >= 11 is 3.33. The number of alkyl halides is 1.